The summed E-state index contributed by atoms with van der Waals surface area (Å²) >= 11 is 2.20. The number of rotatable bonds is 9. The number of hydrogen-bond donors (Lipinski definition) is 0. The molecule has 0 radical (unpaired) electrons. The van der Waals surface area contributed by atoms with Crippen molar-refractivity contribution in [1.29, 1.82) is 0 Å². The molecule has 0 spiro atoms. The maximum absolute atomic E-state index is 14.2. The van der Waals surface area contributed by atoms with E-state index in [9.17, 15) is 19.7 Å². The molecule has 1 atom stereocenters. The maximum Gasteiger partial charge on any atom is 0.338 e. The Morgan fingerprint density at radius 1 is 1.07 bits per heavy atom. The number of hydrogen-bond acceptors (Lipinski definition) is 11. The summed E-state index contributed by atoms with van der Waals surface area (Å²) in [6.07, 6.45) is 4.71. The number of esters is 1. The van der Waals surface area contributed by atoms with Crippen LogP contribution in [-0.2, 0) is 9.53 Å². The summed E-state index contributed by atoms with van der Waals surface area (Å²) in [5.74, 6) is -0.0504. The van der Waals surface area contributed by atoms with E-state index in [1.54, 1.807) is 61.8 Å². The molecule has 0 unspecified atom stereocenters. The third-order valence-corrected chi connectivity index (χ3v) is 8.95. The molecule has 0 fully saturated rings. The predicted octanol–water partition coefficient (Wildman–Crippen LogP) is 4.79. The van der Waals surface area contributed by atoms with Crippen molar-refractivity contribution in [2.24, 2.45) is 4.99 Å². The van der Waals surface area contributed by atoms with Crippen molar-refractivity contribution in [2.75, 3.05) is 13.7 Å². The second kappa shape index (κ2) is 13.3. The minimum atomic E-state index is -0.887. The fraction of sp³-hybridized carbons (Fsp3) is 0.121. The molecule has 5 aromatic rings. The lowest BCUT2D eigenvalue weighted by Crippen LogP contribution is -2.40. The summed E-state index contributed by atoms with van der Waals surface area (Å²) in [6, 6.07) is 21.8. The highest BCUT2D eigenvalue weighted by atomic mass is 32.2. The standard InChI is InChI=1S/C33H25N5O6S2/c1-3-44-31(40)27-28(21-9-5-4-6-10-21)36-33-37(29(27)22-11-7-12-23(19-22)43-2)30(39)26(46-33)18-20-13-14-25(24(17-20)38(41)42)45-32-34-15-8-16-35-32/h4-19,29H,3H2,1-2H3/b26-18+/t29-/m1/s1. The molecule has 0 amide bonds. The second-order valence-electron chi connectivity index (χ2n) is 9.83. The van der Waals surface area contributed by atoms with Crippen molar-refractivity contribution in [3.05, 3.63) is 143 Å². The molecule has 0 saturated carbocycles. The van der Waals surface area contributed by atoms with E-state index in [0.717, 1.165) is 23.1 Å². The number of thiazole rings is 1. The Kier molecular flexibility index (Phi) is 8.85. The summed E-state index contributed by atoms with van der Waals surface area (Å²) in [4.78, 5) is 53.2. The molecule has 6 rings (SSSR count). The third-order valence-electron chi connectivity index (χ3n) is 7.00. The summed E-state index contributed by atoms with van der Waals surface area (Å²) in [5.41, 5.74) is 1.79. The van der Waals surface area contributed by atoms with E-state index in [1.807, 2.05) is 36.4 Å². The predicted molar refractivity (Wildman–Crippen MR) is 173 cm³/mol. The third kappa shape index (κ3) is 6.10. The van der Waals surface area contributed by atoms with E-state index in [2.05, 4.69) is 9.97 Å². The minimum absolute atomic E-state index is 0.128. The van der Waals surface area contributed by atoms with Crippen LogP contribution in [0.1, 0.15) is 29.7 Å². The fourth-order valence-corrected chi connectivity index (χ4v) is 6.81. The monoisotopic (exact) mass is 651 g/mol. The maximum atomic E-state index is 14.2. The first kappa shape index (κ1) is 30.6. The van der Waals surface area contributed by atoms with E-state index >= 15 is 0 Å². The number of ether oxygens (including phenoxy) is 2. The van der Waals surface area contributed by atoms with E-state index in [1.165, 1.54) is 17.7 Å². The highest BCUT2D eigenvalue weighted by Gasteiger charge is 2.35. The van der Waals surface area contributed by atoms with Crippen LogP contribution in [0.25, 0.3) is 11.8 Å². The quantitative estimate of drug-likeness (QED) is 0.0953. The summed E-state index contributed by atoms with van der Waals surface area (Å²) < 4.78 is 12.7. The Morgan fingerprint density at radius 2 is 1.85 bits per heavy atom. The van der Waals surface area contributed by atoms with Gasteiger partial charge in [-0.2, -0.15) is 0 Å². The number of fused-ring (bicyclic) bond motifs is 1. The van der Waals surface area contributed by atoms with Gasteiger partial charge in [0.15, 0.2) is 9.96 Å². The molecular formula is C33H25N5O6S2. The Bertz CT molecular complexity index is 2160. The summed E-state index contributed by atoms with van der Waals surface area (Å²) in [6.45, 7) is 1.84. The molecule has 11 nitrogen and oxygen atoms in total. The molecule has 2 aromatic heterocycles. The molecule has 0 N–H and O–H groups in total. The van der Waals surface area contributed by atoms with Crippen LogP contribution in [0.2, 0.25) is 0 Å². The number of nitrogens with zero attached hydrogens (tertiary/aromatic N) is 5. The molecule has 0 bridgehead atoms. The molecule has 1 aliphatic rings. The molecule has 1 aliphatic heterocycles. The number of aromatic nitrogens is 3. The van der Waals surface area contributed by atoms with Gasteiger partial charge in [0.25, 0.3) is 11.2 Å². The van der Waals surface area contributed by atoms with Crippen LogP contribution in [0.15, 0.2) is 117 Å². The molecule has 0 aliphatic carbocycles. The van der Waals surface area contributed by atoms with E-state index in [0.29, 0.717) is 43.0 Å². The van der Waals surface area contributed by atoms with E-state index in [-0.39, 0.29) is 22.4 Å². The van der Waals surface area contributed by atoms with Gasteiger partial charge in [-0.15, -0.1) is 0 Å². The number of nitro benzene ring substituents is 1. The van der Waals surface area contributed by atoms with Crippen molar-refractivity contribution in [3.63, 3.8) is 0 Å². The number of methoxy groups -OCH3 is 1. The van der Waals surface area contributed by atoms with Gasteiger partial charge >= 0.3 is 5.97 Å². The highest BCUT2D eigenvalue weighted by Crippen LogP contribution is 2.36. The summed E-state index contributed by atoms with van der Waals surface area (Å²) in [5, 5.41) is 12.4. The van der Waals surface area contributed by atoms with Crippen LogP contribution in [0, 0.1) is 10.1 Å². The Labute approximate surface area is 270 Å². The lowest BCUT2D eigenvalue weighted by molar-refractivity contribution is -0.387. The first-order valence-electron chi connectivity index (χ1n) is 14.0. The molecule has 3 heterocycles. The van der Waals surface area contributed by atoms with Gasteiger partial charge < -0.3 is 9.47 Å². The number of nitro groups is 1. The zero-order valence-electron chi connectivity index (χ0n) is 24.5. The average molecular weight is 652 g/mol. The van der Waals surface area contributed by atoms with Crippen molar-refractivity contribution < 1.29 is 19.2 Å². The molecular weight excluding hydrogens is 627 g/mol. The fourth-order valence-electron chi connectivity index (χ4n) is 5.01. The van der Waals surface area contributed by atoms with Gasteiger partial charge in [-0.3, -0.25) is 19.5 Å². The van der Waals surface area contributed by atoms with Crippen molar-refractivity contribution in [2.45, 2.75) is 23.0 Å². The van der Waals surface area contributed by atoms with E-state index < -0.39 is 22.5 Å². The first-order chi connectivity index (χ1) is 22.4. The van der Waals surface area contributed by atoms with Crippen LogP contribution in [0.4, 0.5) is 5.69 Å². The van der Waals surface area contributed by atoms with Gasteiger partial charge in [0.1, 0.15) is 5.75 Å². The minimum Gasteiger partial charge on any atom is -0.497 e. The summed E-state index contributed by atoms with van der Waals surface area (Å²) in [7, 11) is 1.54. The Balaban J connectivity index is 1.55. The normalized spacial score (nSPS) is 14.4. The number of carbonyl (C=O) groups excluding carboxylic acids is 1. The van der Waals surface area contributed by atoms with Gasteiger partial charge in [-0.25, -0.2) is 19.8 Å². The van der Waals surface area contributed by atoms with Gasteiger partial charge in [0.2, 0.25) is 0 Å². The smallest absolute Gasteiger partial charge is 0.338 e. The largest absolute Gasteiger partial charge is 0.497 e. The Morgan fingerprint density at radius 3 is 2.57 bits per heavy atom. The lowest BCUT2D eigenvalue weighted by atomic mass is 9.93. The molecule has 3 aromatic carbocycles. The zero-order chi connectivity index (χ0) is 32.2. The number of benzene rings is 3. The van der Waals surface area contributed by atoms with Crippen LogP contribution in [0.3, 0.4) is 0 Å². The van der Waals surface area contributed by atoms with Crippen molar-refractivity contribution in [1.82, 2.24) is 14.5 Å². The Hall–Kier alpha value is -5.40. The molecule has 46 heavy (non-hydrogen) atoms. The molecule has 0 saturated heterocycles. The van der Waals surface area contributed by atoms with Crippen LogP contribution < -0.4 is 19.6 Å². The first-order valence-corrected chi connectivity index (χ1v) is 15.7. The molecule has 13 heteroatoms. The SMILES string of the molecule is CCOC(=O)C1=C(c2ccccc2)N=c2s/c(=C/c3ccc(Sc4ncccn4)c([N+](=O)[O-])c3)c(=O)n2[C@@H]1c1cccc(OC)c1. The highest BCUT2D eigenvalue weighted by molar-refractivity contribution is 7.99. The molecule has 230 valence electrons. The second-order valence-corrected chi connectivity index (χ2v) is 11.8. The van der Waals surface area contributed by atoms with Gasteiger partial charge in [0, 0.05) is 24.0 Å². The van der Waals surface area contributed by atoms with Gasteiger partial charge in [-0.05, 0) is 60.2 Å². The van der Waals surface area contributed by atoms with Crippen LogP contribution in [-0.4, -0.2) is 39.1 Å². The van der Waals surface area contributed by atoms with Gasteiger partial charge in [0.05, 0.1) is 45.4 Å². The van der Waals surface area contributed by atoms with Crippen molar-refractivity contribution in [3.8, 4) is 5.75 Å². The van der Waals surface area contributed by atoms with E-state index in [4.69, 9.17) is 14.5 Å². The number of carbonyl (C=O) groups is 1. The van der Waals surface area contributed by atoms with Gasteiger partial charge in [-0.1, -0.05) is 59.9 Å². The van der Waals surface area contributed by atoms with Crippen LogP contribution >= 0.6 is 23.1 Å². The average Bonchev–Trinajstić information content (AvgIpc) is 3.39. The van der Waals surface area contributed by atoms with Crippen molar-refractivity contribution >= 4 is 46.5 Å². The zero-order valence-corrected chi connectivity index (χ0v) is 26.2. The lowest BCUT2D eigenvalue weighted by Gasteiger charge is -2.26. The van der Waals surface area contributed by atoms with Crippen LogP contribution in [0.5, 0.6) is 5.75 Å². The topological polar surface area (TPSA) is 139 Å².